The summed E-state index contributed by atoms with van der Waals surface area (Å²) in [7, 11) is 0. The number of carbonyl (C=O) groups excluding carboxylic acids is 4. The number of piperidine rings is 2. The van der Waals surface area contributed by atoms with Crippen LogP contribution in [0.1, 0.15) is 125 Å². The lowest BCUT2D eigenvalue weighted by Gasteiger charge is -2.34. The van der Waals surface area contributed by atoms with Gasteiger partial charge in [0.05, 0.1) is 29.9 Å². The van der Waals surface area contributed by atoms with Gasteiger partial charge in [-0.1, -0.05) is 12.1 Å². The minimum absolute atomic E-state index is 0.0366. The Bertz CT molecular complexity index is 2580. The molecule has 2 aliphatic carbocycles. The second-order valence-corrected chi connectivity index (χ2v) is 21.3. The average Bonchev–Trinajstić information content (AvgIpc) is 4.19. The number of anilines is 7. The number of nitrogens with two attached hydrogens (primary N) is 1. The number of halogens is 1. The fraction of sp³-hybridized carbons (Fsp3) is 0.538. The van der Waals surface area contributed by atoms with Crippen LogP contribution in [0.3, 0.4) is 0 Å². The summed E-state index contributed by atoms with van der Waals surface area (Å²) in [5, 5.41) is 26.9. The van der Waals surface area contributed by atoms with Crippen molar-refractivity contribution in [2.45, 2.75) is 116 Å². The Labute approximate surface area is 415 Å². The molecule has 8 heterocycles. The van der Waals surface area contributed by atoms with Gasteiger partial charge in [0.1, 0.15) is 40.7 Å². The summed E-state index contributed by atoms with van der Waals surface area (Å²) in [4.78, 5) is 75.8. The summed E-state index contributed by atoms with van der Waals surface area (Å²) in [6, 6.07) is 16.7. The fourth-order valence-corrected chi connectivity index (χ4v) is 9.34. The highest BCUT2D eigenvalue weighted by Gasteiger charge is 2.46. The number of hydrogen-bond acceptors (Lipinski definition) is 14. The Kier molecular flexibility index (Phi) is 15.2. The molecule has 10 rings (SSSR count). The van der Waals surface area contributed by atoms with Crippen molar-refractivity contribution in [1.82, 2.24) is 19.9 Å². The van der Waals surface area contributed by atoms with Crippen LogP contribution in [-0.4, -0.2) is 117 Å². The minimum Gasteiger partial charge on any atom is -0.394 e. The summed E-state index contributed by atoms with van der Waals surface area (Å²) in [5.41, 5.74) is 6.13. The van der Waals surface area contributed by atoms with Crippen molar-refractivity contribution >= 4 is 64.4 Å². The molecule has 19 heteroatoms. The molecule has 0 atom stereocenters. The monoisotopic (exact) mass is 977 g/mol. The third kappa shape index (κ3) is 13.0. The van der Waals surface area contributed by atoms with Crippen LogP contribution in [0.5, 0.6) is 0 Å². The zero-order chi connectivity index (χ0) is 50.6. The van der Waals surface area contributed by atoms with Gasteiger partial charge in [0.2, 0.25) is 17.8 Å². The lowest BCUT2D eigenvalue weighted by Crippen LogP contribution is -2.38. The molecule has 4 amide bonds. The maximum atomic E-state index is 13.9. The number of nitrogens with one attached hydrogen (secondary N) is 3. The molecule has 0 bridgehead atoms. The predicted molar refractivity (Wildman–Crippen MR) is 272 cm³/mol. The molecule has 4 saturated heterocycles. The van der Waals surface area contributed by atoms with Crippen LogP contribution >= 0.6 is 0 Å². The van der Waals surface area contributed by atoms with Gasteiger partial charge in [-0.2, -0.15) is 4.39 Å². The van der Waals surface area contributed by atoms with Gasteiger partial charge in [0, 0.05) is 57.6 Å². The average molecular weight is 977 g/mol. The summed E-state index contributed by atoms with van der Waals surface area (Å²) in [6.45, 7) is 11.9. The number of rotatable bonds is 12. The maximum Gasteiger partial charge on any atom is 0.260 e. The Morgan fingerprint density at radius 2 is 1.04 bits per heavy atom. The quantitative estimate of drug-likeness (QED) is 0.0831. The molecule has 2 saturated carbocycles. The van der Waals surface area contributed by atoms with E-state index >= 15 is 0 Å². The third-order valence-electron chi connectivity index (χ3n) is 14.3. The van der Waals surface area contributed by atoms with Crippen LogP contribution in [0.15, 0.2) is 60.7 Å². The minimum atomic E-state index is -0.596. The van der Waals surface area contributed by atoms with E-state index in [-0.39, 0.29) is 36.8 Å². The molecule has 380 valence electrons. The molecule has 0 radical (unpaired) electrons. The molecular formula is C52H69FN12O6. The molecule has 4 aromatic rings. The van der Waals surface area contributed by atoms with Crippen LogP contribution in [0.4, 0.5) is 45.1 Å². The highest BCUT2D eigenvalue weighted by Crippen LogP contribution is 2.55. The first-order valence-corrected chi connectivity index (χ1v) is 25.0. The largest absolute Gasteiger partial charge is 0.394 e. The topological polar surface area (TPSA) is 235 Å². The van der Waals surface area contributed by atoms with Crippen molar-refractivity contribution in [3.05, 3.63) is 77.7 Å². The van der Waals surface area contributed by atoms with Crippen LogP contribution in [0.25, 0.3) is 0 Å². The second-order valence-electron chi connectivity index (χ2n) is 21.3. The normalized spacial score (nSPS) is 18.9. The van der Waals surface area contributed by atoms with E-state index in [0.29, 0.717) is 88.6 Å². The van der Waals surface area contributed by atoms with Gasteiger partial charge in [-0.25, -0.2) is 19.9 Å². The van der Waals surface area contributed by atoms with E-state index < -0.39 is 17.0 Å². The standard InChI is InChI=1S/C26H34N6O3.C22H24FN5O2.C4H11NO/c1-25(2,17-33)30-20-9-8-18(23(28-20)31-15-12-26(10-11-26)13-16-31)24(35)29-19-5-3-6-21(27-19)32-14-4-7-22(32)34;23-16-7-6-15(20(24-16)27-13-10-22(8-9-22)11-14-27)21(30)26-17-3-1-4-18(25-17)28-12-2-5-19(28)29;1-4(2,5)3-6/h3,5-6,8-9,33H,4,7,10-17H2,1-2H3,(H,28,30)(H,27,29,35);1,3-4,6-7H,2,5,8-14H2,(H,25,26,30);6H,3,5H2,1-2H3. The van der Waals surface area contributed by atoms with Crippen molar-refractivity contribution in [2.75, 3.05) is 88.0 Å². The van der Waals surface area contributed by atoms with E-state index in [0.717, 1.165) is 64.7 Å². The Hall–Kier alpha value is -6.31. The number of hydrogen-bond donors (Lipinski definition) is 6. The molecule has 6 fully saturated rings. The molecular weight excluding hydrogens is 908 g/mol. The van der Waals surface area contributed by atoms with Crippen molar-refractivity contribution < 1.29 is 33.8 Å². The van der Waals surface area contributed by atoms with Crippen molar-refractivity contribution in [3.63, 3.8) is 0 Å². The first kappa shape index (κ1) is 51.1. The van der Waals surface area contributed by atoms with Gasteiger partial charge in [0.15, 0.2) is 0 Å². The molecule has 2 spiro atoms. The van der Waals surface area contributed by atoms with Gasteiger partial charge in [-0.15, -0.1) is 0 Å². The molecule has 71 heavy (non-hydrogen) atoms. The van der Waals surface area contributed by atoms with Crippen LogP contribution < -0.4 is 41.3 Å². The van der Waals surface area contributed by atoms with Gasteiger partial charge in [-0.05, 0) is 151 Å². The number of carbonyl (C=O) groups is 4. The summed E-state index contributed by atoms with van der Waals surface area (Å²) in [5.74, 6) is 2.30. The molecule has 4 aromatic heterocycles. The summed E-state index contributed by atoms with van der Waals surface area (Å²) < 4.78 is 13.9. The molecule has 7 N–H and O–H groups in total. The number of aliphatic hydroxyl groups is 2. The number of nitrogens with zero attached hydrogens (tertiary/aromatic N) is 8. The molecule has 0 aromatic carbocycles. The van der Waals surface area contributed by atoms with E-state index in [4.69, 9.17) is 15.8 Å². The van der Waals surface area contributed by atoms with E-state index in [2.05, 4.69) is 35.8 Å². The van der Waals surface area contributed by atoms with Crippen LogP contribution in [0, 0.1) is 16.8 Å². The lowest BCUT2D eigenvalue weighted by molar-refractivity contribution is -0.117. The number of aliphatic hydroxyl groups excluding tert-OH is 2. The first-order valence-electron chi connectivity index (χ1n) is 25.0. The zero-order valence-corrected chi connectivity index (χ0v) is 41.5. The first-order chi connectivity index (χ1) is 33.9. The van der Waals surface area contributed by atoms with Crippen molar-refractivity contribution in [2.24, 2.45) is 16.6 Å². The Balaban J connectivity index is 0.000000172. The smallest absolute Gasteiger partial charge is 0.260 e. The van der Waals surface area contributed by atoms with Crippen molar-refractivity contribution in [3.8, 4) is 0 Å². The highest BCUT2D eigenvalue weighted by molar-refractivity contribution is 6.08. The number of pyridine rings is 4. The van der Waals surface area contributed by atoms with E-state index in [9.17, 15) is 28.7 Å². The summed E-state index contributed by atoms with van der Waals surface area (Å²) >= 11 is 0. The third-order valence-corrected chi connectivity index (χ3v) is 14.3. The SMILES string of the molecule is CC(C)(CO)Nc1ccc(C(=O)Nc2cccc(N3CCCC3=O)n2)c(N2CCC3(CC2)CC3)n1.CC(C)(N)CO.O=C(Nc1cccc(N2CCCC2=O)n1)c1ccc(F)nc1N1CCC2(CC1)CC2. The molecule has 6 aliphatic rings. The van der Waals surface area contributed by atoms with Gasteiger partial charge in [-0.3, -0.25) is 29.0 Å². The summed E-state index contributed by atoms with van der Waals surface area (Å²) in [6.07, 6.45) is 12.1. The number of aromatic nitrogens is 4. The van der Waals surface area contributed by atoms with Gasteiger partial charge >= 0.3 is 0 Å². The van der Waals surface area contributed by atoms with Gasteiger partial charge < -0.3 is 41.7 Å². The maximum absolute atomic E-state index is 13.9. The molecule has 4 aliphatic heterocycles. The Morgan fingerprint density at radius 3 is 1.44 bits per heavy atom. The predicted octanol–water partition coefficient (Wildman–Crippen LogP) is 6.51. The zero-order valence-electron chi connectivity index (χ0n) is 41.5. The number of amides is 4. The van der Waals surface area contributed by atoms with Crippen molar-refractivity contribution in [1.29, 1.82) is 0 Å². The van der Waals surface area contributed by atoms with E-state index in [1.807, 2.05) is 18.7 Å². The second kappa shape index (κ2) is 21.2. The fourth-order valence-electron chi connectivity index (χ4n) is 9.34. The molecule has 18 nitrogen and oxygen atoms in total. The lowest BCUT2D eigenvalue weighted by atomic mass is 9.93. The molecule has 0 unspecified atom stereocenters. The van der Waals surface area contributed by atoms with Gasteiger partial charge in [0.25, 0.3) is 11.8 Å². The van der Waals surface area contributed by atoms with E-state index in [1.165, 1.54) is 37.8 Å². The van der Waals surface area contributed by atoms with Crippen LogP contribution in [-0.2, 0) is 9.59 Å². The van der Waals surface area contributed by atoms with Crippen LogP contribution in [0.2, 0.25) is 0 Å². The highest BCUT2D eigenvalue weighted by atomic mass is 19.1. The van der Waals surface area contributed by atoms with E-state index in [1.54, 1.807) is 72.2 Å². The Morgan fingerprint density at radius 1 is 0.606 bits per heavy atom.